The molecule has 0 bridgehead atoms. The molecule has 3 heterocycles. The molecule has 0 unspecified atom stereocenters. The molecule has 6 rings (SSSR count). The summed E-state index contributed by atoms with van der Waals surface area (Å²) in [6.45, 7) is 12.1. The van der Waals surface area contributed by atoms with Gasteiger partial charge in [0.1, 0.15) is 11.6 Å². The summed E-state index contributed by atoms with van der Waals surface area (Å²) in [6, 6.07) is 23.9. The summed E-state index contributed by atoms with van der Waals surface area (Å²) in [5.41, 5.74) is 8.83. The summed E-state index contributed by atoms with van der Waals surface area (Å²) in [6.07, 6.45) is 5.99. The second-order valence-corrected chi connectivity index (χ2v) is 12.9. The molecule has 0 amide bonds. The van der Waals surface area contributed by atoms with E-state index in [1.807, 2.05) is 24.6 Å². The number of aromatic nitrogens is 3. The van der Waals surface area contributed by atoms with Crippen LogP contribution in [0.3, 0.4) is 0 Å². The molecule has 0 aliphatic carbocycles. The Bertz CT molecular complexity index is 1970. The van der Waals surface area contributed by atoms with E-state index < -0.39 is 0 Å². The molecule has 2 aromatic heterocycles. The third kappa shape index (κ3) is 6.87. The van der Waals surface area contributed by atoms with Crippen LogP contribution in [-0.2, 0) is 37.9 Å². The van der Waals surface area contributed by atoms with Crippen LogP contribution in [0.1, 0.15) is 67.9 Å². The average Bonchev–Trinajstić information content (AvgIpc) is 3.67. The van der Waals surface area contributed by atoms with E-state index in [4.69, 9.17) is 15.2 Å². The predicted molar refractivity (Wildman–Crippen MR) is 180 cm³/mol. The van der Waals surface area contributed by atoms with Crippen molar-refractivity contribution in [3.8, 4) is 6.07 Å². The van der Waals surface area contributed by atoms with Crippen LogP contribution in [-0.4, -0.2) is 32.2 Å². The largest absolute Gasteiger partial charge is 0.323 e. The third-order valence-corrected chi connectivity index (χ3v) is 8.64. The molecule has 1 aliphatic rings. The van der Waals surface area contributed by atoms with Crippen molar-refractivity contribution >= 4 is 28.2 Å². The van der Waals surface area contributed by atoms with Gasteiger partial charge in [0.2, 0.25) is 0 Å². The highest BCUT2D eigenvalue weighted by molar-refractivity contribution is 5.79. The van der Waals surface area contributed by atoms with Gasteiger partial charge in [0, 0.05) is 43.0 Å². The molecular formula is C38H39FN6. The summed E-state index contributed by atoms with van der Waals surface area (Å²) in [5.74, 6) is 0.718. The van der Waals surface area contributed by atoms with Gasteiger partial charge < -0.3 is 4.57 Å². The molecule has 5 aromatic rings. The minimum absolute atomic E-state index is 0.0540. The van der Waals surface area contributed by atoms with Crippen LogP contribution in [0, 0.1) is 17.1 Å². The van der Waals surface area contributed by atoms with Crippen LogP contribution in [0.5, 0.6) is 0 Å². The zero-order chi connectivity index (χ0) is 31.6. The number of nitriles is 1. The predicted octanol–water partition coefficient (Wildman–Crippen LogP) is 8.06. The monoisotopic (exact) mass is 598 g/mol. The van der Waals surface area contributed by atoms with E-state index in [9.17, 15) is 4.39 Å². The molecule has 228 valence electrons. The highest BCUT2D eigenvalue weighted by Crippen LogP contribution is 2.28. The normalized spacial score (nSPS) is 13.2. The van der Waals surface area contributed by atoms with Gasteiger partial charge in [0.25, 0.3) is 0 Å². The third-order valence-electron chi connectivity index (χ3n) is 8.64. The van der Waals surface area contributed by atoms with Crippen LogP contribution < -0.4 is 0 Å². The van der Waals surface area contributed by atoms with Crippen molar-refractivity contribution in [2.45, 2.75) is 72.0 Å². The Morgan fingerprint density at radius 1 is 0.933 bits per heavy atom. The number of hydrogen-bond acceptors (Lipinski definition) is 5. The van der Waals surface area contributed by atoms with E-state index in [1.165, 1.54) is 28.3 Å². The maximum Gasteiger partial charge on any atom is 0.127 e. The zero-order valence-corrected chi connectivity index (χ0v) is 26.5. The van der Waals surface area contributed by atoms with Gasteiger partial charge in [-0.3, -0.25) is 14.9 Å². The van der Waals surface area contributed by atoms with E-state index in [0.717, 1.165) is 60.5 Å². The van der Waals surface area contributed by atoms with Gasteiger partial charge in [-0.1, -0.05) is 58.0 Å². The van der Waals surface area contributed by atoms with E-state index in [0.29, 0.717) is 24.0 Å². The van der Waals surface area contributed by atoms with Crippen molar-refractivity contribution in [3.05, 3.63) is 118 Å². The summed E-state index contributed by atoms with van der Waals surface area (Å²) in [5, 5.41) is 10.1. The summed E-state index contributed by atoms with van der Waals surface area (Å²) in [7, 11) is 0. The van der Waals surface area contributed by atoms with Gasteiger partial charge in [0.15, 0.2) is 0 Å². The average molecular weight is 599 g/mol. The standard InChI is InChI=1S/C38H39FN6/c1-5-44(25-37-43-34-15-12-31(38(2,3)4)20-36(34)45(37)24-28-16-17-41-22-28)23-27-7-9-30-11-14-32(42-35(30)19-27)13-10-29-8-6-26(21-40)18-33(29)39/h6-9,11-12,14-15,17-20,22H,5,10,13,16,23-25H2,1-4H3. The van der Waals surface area contributed by atoms with E-state index in [1.54, 1.807) is 12.1 Å². The molecule has 0 fully saturated rings. The number of rotatable bonds is 10. The number of aliphatic imine (C=N–C) groups is 1. The van der Waals surface area contributed by atoms with Crippen molar-refractivity contribution in [2.75, 3.05) is 6.54 Å². The van der Waals surface area contributed by atoms with Crippen molar-refractivity contribution in [1.29, 1.82) is 5.26 Å². The molecule has 0 radical (unpaired) electrons. The van der Waals surface area contributed by atoms with E-state index in [-0.39, 0.29) is 11.2 Å². The fraction of sp³-hybridized carbons (Fsp3) is 0.316. The lowest BCUT2D eigenvalue weighted by Gasteiger charge is -2.22. The maximum absolute atomic E-state index is 14.4. The van der Waals surface area contributed by atoms with Crippen molar-refractivity contribution in [1.82, 2.24) is 19.4 Å². The molecule has 7 heteroatoms. The van der Waals surface area contributed by atoms with Crippen LogP contribution in [0.2, 0.25) is 0 Å². The lowest BCUT2D eigenvalue weighted by atomic mass is 9.87. The number of fused-ring (bicyclic) bond motifs is 2. The van der Waals surface area contributed by atoms with Gasteiger partial charge in [0.05, 0.1) is 34.7 Å². The Morgan fingerprint density at radius 2 is 1.78 bits per heavy atom. The van der Waals surface area contributed by atoms with Crippen LogP contribution in [0.25, 0.3) is 21.9 Å². The Hall–Kier alpha value is -4.67. The van der Waals surface area contributed by atoms with Crippen molar-refractivity contribution in [3.63, 3.8) is 0 Å². The fourth-order valence-corrected chi connectivity index (χ4v) is 5.89. The first-order chi connectivity index (χ1) is 21.7. The summed E-state index contributed by atoms with van der Waals surface area (Å²) >= 11 is 0. The number of benzene rings is 3. The Kier molecular flexibility index (Phi) is 8.60. The minimum atomic E-state index is -0.340. The Labute approximate surface area is 264 Å². The number of allylic oxidation sites excluding steroid dienone is 1. The lowest BCUT2D eigenvalue weighted by Crippen LogP contribution is -2.24. The Balaban J connectivity index is 1.22. The first-order valence-corrected chi connectivity index (χ1v) is 15.7. The number of aryl methyl sites for hydroxylation is 2. The molecule has 0 saturated heterocycles. The SMILES string of the molecule is CCN(Cc1ccc2ccc(CCc3ccc(C#N)cc3F)nc2c1)Cc1nc2ccc(C(C)(C)C)cc2n1CC1=CN=CC1. The number of nitrogens with zero attached hydrogens (tertiary/aromatic N) is 6. The Morgan fingerprint density at radius 3 is 2.51 bits per heavy atom. The molecule has 1 aliphatic heterocycles. The first-order valence-electron chi connectivity index (χ1n) is 15.7. The topological polar surface area (TPSA) is 70.1 Å². The molecule has 3 aromatic carbocycles. The molecule has 6 nitrogen and oxygen atoms in total. The van der Waals surface area contributed by atoms with Crippen LogP contribution >= 0.6 is 0 Å². The quantitative estimate of drug-likeness (QED) is 0.163. The van der Waals surface area contributed by atoms with Gasteiger partial charge in [-0.05, 0) is 83.5 Å². The maximum atomic E-state index is 14.4. The number of halogens is 1. The lowest BCUT2D eigenvalue weighted by molar-refractivity contribution is 0.261. The highest BCUT2D eigenvalue weighted by Gasteiger charge is 2.20. The van der Waals surface area contributed by atoms with Gasteiger partial charge >= 0.3 is 0 Å². The zero-order valence-electron chi connectivity index (χ0n) is 26.5. The summed E-state index contributed by atoms with van der Waals surface area (Å²) < 4.78 is 16.8. The minimum Gasteiger partial charge on any atom is -0.323 e. The fourth-order valence-electron chi connectivity index (χ4n) is 5.89. The van der Waals surface area contributed by atoms with Crippen molar-refractivity contribution in [2.24, 2.45) is 4.99 Å². The first kappa shape index (κ1) is 30.4. The van der Waals surface area contributed by atoms with E-state index in [2.05, 4.69) is 84.6 Å². The summed E-state index contributed by atoms with van der Waals surface area (Å²) in [4.78, 5) is 16.8. The molecule has 0 N–H and O–H groups in total. The van der Waals surface area contributed by atoms with Gasteiger partial charge in [-0.15, -0.1) is 0 Å². The van der Waals surface area contributed by atoms with Crippen molar-refractivity contribution < 1.29 is 4.39 Å². The van der Waals surface area contributed by atoms with E-state index >= 15 is 0 Å². The molecule has 45 heavy (non-hydrogen) atoms. The smallest absolute Gasteiger partial charge is 0.127 e. The van der Waals surface area contributed by atoms with Gasteiger partial charge in [-0.2, -0.15) is 5.26 Å². The van der Waals surface area contributed by atoms with Gasteiger partial charge in [-0.25, -0.2) is 9.37 Å². The molecule has 0 atom stereocenters. The second-order valence-electron chi connectivity index (χ2n) is 12.9. The molecule has 0 saturated carbocycles. The molecule has 0 spiro atoms. The molecular weight excluding hydrogens is 559 g/mol. The second kappa shape index (κ2) is 12.7. The number of pyridine rings is 1. The number of hydrogen-bond donors (Lipinski definition) is 0. The van der Waals surface area contributed by atoms with Crippen LogP contribution in [0.15, 0.2) is 83.5 Å². The highest BCUT2D eigenvalue weighted by atomic mass is 19.1. The van der Waals surface area contributed by atoms with Crippen LogP contribution in [0.4, 0.5) is 4.39 Å². The number of imidazole rings is 1.